The first-order chi connectivity index (χ1) is 8.45. The molecule has 0 spiro atoms. The van der Waals surface area contributed by atoms with Gasteiger partial charge in [-0.1, -0.05) is 51.0 Å². The Balaban J connectivity index is 2.02. The van der Waals surface area contributed by atoms with E-state index in [4.69, 9.17) is 0 Å². The van der Waals surface area contributed by atoms with Crippen LogP contribution >= 0.6 is 0 Å². The predicted molar refractivity (Wildman–Crippen MR) is 78.1 cm³/mol. The molecule has 0 N–H and O–H groups in total. The Hall–Kier alpha value is -0.780. The second kappa shape index (κ2) is 4.11. The average molecular weight is 242 g/mol. The van der Waals surface area contributed by atoms with Gasteiger partial charge in [0.05, 0.1) is 0 Å². The zero-order valence-corrected chi connectivity index (χ0v) is 12.3. The largest absolute Gasteiger partial charge is 0.0590 e. The van der Waals surface area contributed by atoms with Gasteiger partial charge in [-0.25, -0.2) is 0 Å². The van der Waals surface area contributed by atoms with Crippen molar-refractivity contribution in [2.24, 2.45) is 11.8 Å². The molecule has 18 heavy (non-hydrogen) atoms. The lowest BCUT2D eigenvalue weighted by atomic mass is 9.75. The van der Waals surface area contributed by atoms with Crippen molar-refractivity contribution in [3.8, 4) is 0 Å². The van der Waals surface area contributed by atoms with Gasteiger partial charge in [0.2, 0.25) is 0 Å². The maximum atomic E-state index is 2.48. The fourth-order valence-corrected chi connectivity index (χ4v) is 4.30. The molecule has 2 bridgehead atoms. The molecule has 3 unspecified atom stereocenters. The summed E-state index contributed by atoms with van der Waals surface area (Å²) in [5.74, 6) is 2.88. The van der Waals surface area contributed by atoms with Crippen molar-refractivity contribution in [2.75, 3.05) is 0 Å². The molecule has 0 nitrogen and oxygen atoms in total. The van der Waals surface area contributed by atoms with E-state index in [1.165, 1.54) is 31.2 Å². The second-order valence-corrected chi connectivity index (χ2v) is 7.62. The molecule has 1 aromatic carbocycles. The standard InChI is InChI=1S/C18H26/c1-12-5-8-17(18(2,3)4)16(9-12)15-11-13-6-7-14(15)10-13/h5,8-9,13-15H,6-7,10-11H2,1-4H3. The summed E-state index contributed by atoms with van der Waals surface area (Å²) in [6.45, 7) is 9.31. The Labute approximate surface area is 112 Å². The van der Waals surface area contributed by atoms with Crippen LogP contribution in [0, 0.1) is 18.8 Å². The maximum absolute atomic E-state index is 2.48. The molecule has 2 fully saturated rings. The van der Waals surface area contributed by atoms with Gasteiger partial charge in [0, 0.05) is 0 Å². The van der Waals surface area contributed by atoms with E-state index >= 15 is 0 Å². The van der Waals surface area contributed by atoms with E-state index in [1.54, 1.807) is 11.1 Å². The van der Waals surface area contributed by atoms with Gasteiger partial charge >= 0.3 is 0 Å². The molecule has 0 heterocycles. The summed E-state index contributed by atoms with van der Waals surface area (Å²) in [6.07, 6.45) is 5.93. The van der Waals surface area contributed by atoms with E-state index in [9.17, 15) is 0 Å². The first kappa shape index (κ1) is 12.3. The average Bonchev–Trinajstić information content (AvgIpc) is 2.88. The summed E-state index contributed by atoms with van der Waals surface area (Å²) in [4.78, 5) is 0. The minimum Gasteiger partial charge on any atom is -0.0590 e. The number of rotatable bonds is 1. The summed E-state index contributed by atoms with van der Waals surface area (Å²) in [5, 5.41) is 0. The number of hydrogen-bond donors (Lipinski definition) is 0. The molecule has 2 aliphatic rings. The van der Waals surface area contributed by atoms with Gasteiger partial charge < -0.3 is 0 Å². The van der Waals surface area contributed by atoms with Gasteiger partial charge in [-0.15, -0.1) is 0 Å². The quantitative estimate of drug-likeness (QED) is 0.635. The minimum absolute atomic E-state index is 0.283. The fraction of sp³-hybridized carbons (Fsp3) is 0.667. The molecular formula is C18H26. The smallest absolute Gasteiger partial charge is 0.0128 e. The molecule has 2 aliphatic carbocycles. The van der Waals surface area contributed by atoms with Crippen LogP contribution in [0.4, 0.5) is 0 Å². The van der Waals surface area contributed by atoms with Gasteiger partial charge in [-0.2, -0.15) is 0 Å². The molecule has 2 saturated carbocycles. The third-order valence-electron chi connectivity index (χ3n) is 5.15. The molecule has 0 amide bonds. The highest BCUT2D eigenvalue weighted by molar-refractivity contribution is 5.39. The molecule has 0 aliphatic heterocycles. The van der Waals surface area contributed by atoms with E-state index in [0.717, 1.165) is 17.8 Å². The van der Waals surface area contributed by atoms with Crippen LogP contribution in [0.3, 0.4) is 0 Å². The number of benzene rings is 1. The third kappa shape index (κ3) is 2.00. The first-order valence-corrected chi connectivity index (χ1v) is 7.56. The Bertz CT molecular complexity index is 450. The molecule has 0 radical (unpaired) electrons. The highest BCUT2D eigenvalue weighted by Gasteiger charge is 2.41. The Morgan fingerprint density at radius 2 is 1.83 bits per heavy atom. The predicted octanol–water partition coefficient (Wildman–Crippen LogP) is 5.20. The highest BCUT2D eigenvalue weighted by Crippen LogP contribution is 2.54. The SMILES string of the molecule is Cc1ccc(C(C)(C)C)c(C2CC3CCC2C3)c1. The monoisotopic (exact) mass is 242 g/mol. The van der Waals surface area contributed by atoms with Crippen molar-refractivity contribution in [2.45, 2.75) is 64.7 Å². The summed E-state index contributed by atoms with van der Waals surface area (Å²) >= 11 is 0. The Kier molecular flexibility index (Phi) is 2.80. The number of aryl methyl sites for hydroxylation is 1. The topological polar surface area (TPSA) is 0 Å². The first-order valence-electron chi connectivity index (χ1n) is 7.56. The van der Waals surface area contributed by atoms with Gasteiger partial charge in [0.15, 0.2) is 0 Å². The van der Waals surface area contributed by atoms with E-state index in [0.29, 0.717) is 0 Å². The lowest BCUT2D eigenvalue weighted by Crippen LogP contribution is -2.19. The number of hydrogen-bond acceptors (Lipinski definition) is 0. The van der Waals surface area contributed by atoms with Gasteiger partial charge in [0.1, 0.15) is 0 Å². The second-order valence-electron chi connectivity index (χ2n) is 7.62. The molecule has 0 saturated heterocycles. The van der Waals surface area contributed by atoms with Gasteiger partial charge in [0.25, 0.3) is 0 Å². The van der Waals surface area contributed by atoms with Crippen molar-refractivity contribution in [3.05, 3.63) is 34.9 Å². The minimum atomic E-state index is 0.283. The van der Waals surface area contributed by atoms with Crippen LogP contribution in [0.5, 0.6) is 0 Å². The number of fused-ring (bicyclic) bond motifs is 2. The van der Waals surface area contributed by atoms with Crippen molar-refractivity contribution in [1.82, 2.24) is 0 Å². The normalized spacial score (nSPS) is 31.0. The van der Waals surface area contributed by atoms with Crippen LogP contribution < -0.4 is 0 Å². The van der Waals surface area contributed by atoms with Crippen molar-refractivity contribution < 1.29 is 0 Å². The molecule has 0 heteroatoms. The zero-order valence-electron chi connectivity index (χ0n) is 12.3. The van der Waals surface area contributed by atoms with E-state index < -0.39 is 0 Å². The van der Waals surface area contributed by atoms with Gasteiger partial charge in [-0.3, -0.25) is 0 Å². The van der Waals surface area contributed by atoms with Crippen LogP contribution in [-0.2, 0) is 5.41 Å². The van der Waals surface area contributed by atoms with Crippen molar-refractivity contribution in [3.63, 3.8) is 0 Å². The fourth-order valence-electron chi connectivity index (χ4n) is 4.30. The molecule has 1 aromatic rings. The summed E-state index contributed by atoms with van der Waals surface area (Å²) in [5.41, 5.74) is 4.98. The zero-order chi connectivity index (χ0) is 12.9. The molecule has 3 rings (SSSR count). The molecule has 98 valence electrons. The van der Waals surface area contributed by atoms with Crippen LogP contribution in [-0.4, -0.2) is 0 Å². The van der Waals surface area contributed by atoms with Gasteiger partial charge in [-0.05, 0) is 60.5 Å². The van der Waals surface area contributed by atoms with E-state index in [-0.39, 0.29) is 5.41 Å². The van der Waals surface area contributed by atoms with Crippen LogP contribution in [0.2, 0.25) is 0 Å². The highest BCUT2D eigenvalue weighted by atomic mass is 14.5. The van der Waals surface area contributed by atoms with E-state index in [1.807, 2.05) is 0 Å². The lowest BCUT2D eigenvalue weighted by molar-refractivity contribution is 0.412. The molecule has 3 atom stereocenters. The maximum Gasteiger partial charge on any atom is -0.0128 e. The van der Waals surface area contributed by atoms with Crippen molar-refractivity contribution in [1.29, 1.82) is 0 Å². The van der Waals surface area contributed by atoms with Crippen molar-refractivity contribution >= 4 is 0 Å². The molecule has 0 aromatic heterocycles. The third-order valence-corrected chi connectivity index (χ3v) is 5.15. The summed E-state index contributed by atoms with van der Waals surface area (Å²) in [7, 11) is 0. The van der Waals surface area contributed by atoms with Crippen LogP contribution in [0.1, 0.15) is 69.1 Å². The van der Waals surface area contributed by atoms with Crippen LogP contribution in [0.25, 0.3) is 0 Å². The Morgan fingerprint density at radius 3 is 2.39 bits per heavy atom. The summed E-state index contributed by atoms with van der Waals surface area (Å²) in [6, 6.07) is 7.15. The molecular weight excluding hydrogens is 216 g/mol. The summed E-state index contributed by atoms with van der Waals surface area (Å²) < 4.78 is 0. The van der Waals surface area contributed by atoms with Crippen LogP contribution in [0.15, 0.2) is 18.2 Å². The Morgan fingerprint density at radius 1 is 1.06 bits per heavy atom. The lowest BCUT2D eigenvalue weighted by Gasteiger charge is -2.30. The van der Waals surface area contributed by atoms with E-state index in [2.05, 4.69) is 45.9 Å².